The predicted molar refractivity (Wildman–Crippen MR) is 99.0 cm³/mol. The number of amides is 3. The number of piperidine rings is 1. The Bertz CT molecular complexity index is 907. The molecule has 7 nitrogen and oxygen atoms in total. The van der Waals surface area contributed by atoms with Crippen LogP contribution in [0, 0.1) is 5.92 Å². The molecule has 2 unspecified atom stereocenters. The summed E-state index contributed by atoms with van der Waals surface area (Å²) in [5.74, 6) is 0.239. The van der Waals surface area contributed by atoms with Crippen molar-refractivity contribution in [1.29, 1.82) is 0 Å². The van der Waals surface area contributed by atoms with E-state index in [1.165, 1.54) is 0 Å². The highest BCUT2D eigenvalue weighted by Gasteiger charge is 2.36. The van der Waals surface area contributed by atoms with Crippen molar-refractivity contribution in [3.63, 3.8) is 0 Å². The summed E-state index contributed by atoms with van der Waals surface area (Å²) in [5.41, 5.74) is 0.425. The van der Waals surface area contributed by atoms with Crippen LogP contribution in [0.15, 0.2) is 35.3 Å². The number of likely N-dealkylation sites (tertiary alicyclic amines) is 1. The fourth-order valence-corrected chi connectivity index (χ4v) is 4.06. The van der Waals surface area contributed by atoms with Gasteiger partial charge in [0, 0.05) is 48.7 Å². The Kier molecular flexibility index (Phi) is 4.36. The molecule has 136 valence electrons. The van der Waals surface area contributed by atoms with Gasteiger partial charge in [-0.2, -0.15) is 0 Å². The number of anilines is 1. The summed E-state index contributed by atoms with van der Waals surface area (Å²) in [4.78, 5) is 40.9. The third-order valence-corrected chi connectivity index (χ3v) is 5.39. The zero-order valence-electron chi connectivity index (χ0n) is 14.5. The number of hydrogen-bond donors (Lipinski definition) is 3. The van der Waals surface area contributed by atoms with E-state index >= 15 is 0 Å². The Morgan fingerprint density at radius 2 is 2.08 bits per heavy atom. The van der Waals surface area contributed by atoms with Crippen molar-refractivity contribution in [2.45, 2.75) is 31.7 Å². The van der Waals surface area contributed by atoms with Crippen LogP contribution in [-0.2, 0) is 4.79 Å². The van der Waals surface area contributed by atoms with Gasteiger partial charge in [-0.05, 0) is 42.8 Å². The number of H-pyrrole nitrogens is 1. The lowest BCUT2D eigenvalue weighted by Gasteiger charge is -2.38. The molecule has 1 aromatic carbocycles. The van der Waals surface area contributed by atoms with Crippen LogP contribution in [0.3, 0.4) is 0 Å². The molecular weight excluding hydrogens is 332 g/mol. The monoisotopic (exact) mass is 354 g/mol. The van der Waals surface area contributed by atoms with E-state index in [1.807, 2.05) is 17.0 Å². The van der Waals surface area contributed by atoms with Gasteiger partial charge in [-0.1, -0.05) is 6.07 Å². The summed E-state index contributed by atoms with van der Waals surface area (Å²) >= 11 is 0. The lowest BCUT2D eigenvalue weighted by atomic mass is 9.90. The smallest absolute Gasteiger partial charge is 0.322 e. The fourth-order valence-electron chi connectivity index (χ4n) is 4.06. The number of carbonyl (C=O) groups is 2. The third-order valence-electron chi connectivity index (χ3n) is 5.39. The molecule has 2 aliphatic heterocycles. The van der Waals surface area contributed by atoms with E-state index in [-0.39, 0.29) is 29.5 Å². The van der Waals surface area contributed by atoms with Crippen LogP contribution in [0.25, 0.3) is 10.8 Å². The first kappa shape index (κ1) is 16.6. The van der Waals surface area contributed by atoms with Gasteiger partial charge in [-0.25, -0.2) is 4.79 Å². The Morgan fingerprint density at radius 3 is 2.88 bits per heavy atom. The quantitative estimate of drug-likeness (QED) is 0.770. The Hall–Kier alpha value is -2.83. The Balaban J connectivity index is 1.53. The number of urea groups is 1. The summed E-state index contributed by atoms with van der Waals surface area (Å²) < 4.78 is 0. The highest BCUT2D eigenvalue weighted by molar-refractivity contribution is 5.93. The van der Waals surface area contributed by atoms with Crippen molar-refractivity contribution in [3.8, 4) is 0 Å². The first-order valence-corrected chi connectivity index (χ1v) is 9.07. The fraction of sp³-hybridized carbons (Fsp3) is 0.421. The molecule has 1 aromatic heterocycles. The number of pyridine rings is 1. The van der Waals surface area contributed by atoms with Gasteiger partial charge in [0.1, 0.15) is 0 Å². The molecule has 0 spiro atoms. The number of hydrogen-bond acceptors (Lipinski definition) is 3. The molecule has 2 saturated heterocycles. The van der Waals surface area contributed by atoms with Crippen LogP contribution in [-0.4, -0.2) is 41.0 Å². The van der Waals surface area contributed by atoms with Gasteiger partial charge in [0.2, 0.25) is 5.91 Å². The summed E-state index contributed by atoms with van der Waals surface area (Å²) in [6.45, 7) is 1.33. The van der Waals surface area contributed by atoms with Gasteiger partial charge >= 0.3 is 6.03 Å². The SMILES string of the molecule is O=C1CC(C2CCCCN2C(=O)Nc2ccc3cc[nH]c(=O)c3c2)CN1. The molecule has 0 aliphatic carbocycles. The minimum atomic E-state index is -0.176. The largest absolute Gasteiger partial charge is 0.356 e. The first-order valence-electron chi connectivity index (χ1n) is 9.07. The molecular formula is C19H22N4O3. The topological polar surface area (TPSA) is 94.3 Å². The first-order chi connectivity index (χ1) is 12.6. The molecule has 0 radical (unpaired) electrons. The van der Waals surface area contributed by atoms with Crippen LogP contribution < -0.4 is 16.2 Å². The molecule has 2 atom stereocenters. The molecule has 4 rings (SSSR count). The van der Waals surface area contributed by atoms with Crippen molar-refractivity contribution in [1.82, 2.24) is 15.2 Å². The van der Waals surface area contributed by atoms with Crippen LogP contribution in [0.2, 0.25) is 0 Å². The molecule has 2 aromatic rings. The van der Waals surface area contributed by atoms with Crippen molar-refractivity contribution in [2.24, 2.45) is 5.92 Å². The number of aromatic amines is 1. The van der Waals surface area contributed by atoms with Gasteiger partial charge in [-0.15, -0.1) is 0 Å². The minimum Gasteiger partial charge on any atom is -0.356 e. The highest BCUT2D eigenvalue weighted by atomic mass is 16.2. The number of carbonyl (C=O) groups excluding carboxylic acids is 2. The third kappa shape index (κ3) is 3.16. The minimum absolute atomic E-state index is 0.0645. The van der Waals surface area contributed by atoms with Crippen molar-refractivity contribution < 1.29 is 9.59 Å². The second-order valence-corrected chi connectivity index (χ2v) is 7.06. The summed E-state index contributed by atoms with van der Waals surface area (Å²) in [6, 6.07) is 7.07. The molecule has 7 heteroatoms. The van der Waals surface area contributed by atoms with E-state index in [0.717, 1.165) is 24.6 Å². The lowest BCUT2D eigenvalue weighted by molar-refractivity contribution is -0.119. The average Bonchev–Trinajstić information content (AvgIpc) is 3.09. The number of fused-ring (bicyclic) bond motifs is 1. The van der Waals surface area contributed by atoms with Gasteiger partial charge in [0.25, 0.3) is 5.56 Å². The zero-order chi connectivity index (χ0) is 18.1. The van der Waals surface area contributed by atoms with Gasteiger partial charge in [0.15, 0.2) is 0 Å². The van der Waals surface area contributed by atoms with E-state index in [2.05, 4.69) is 15.6 Å². The molecule has 0 bridgehead atoms. The van der Waals surface area contributed by atoms with Crippen LogP contribution in [0.4, 0.5) is 10.5 Å². The van der Waals surface area contributed by atoms with E-state index in [1.54, 1.807) is 18.3 Å². The highest BCUT2D eigenvalue weighted by Crippen LogP contribution is 2.28. The molecule has 3 heterocycles. The molecule has 26 heavy (non-hydrogen) atoms. The van der Waals surface area contributed by atoms with Crippen LogP contribution >= 0.6 is 0 Å². The maximum Gasteiger partial charge on any atom is 0.322 e. The number of nitrogens with one attached hydrogen (secondary N) is 3. The second kappa shape index (κ2) is 6.82. The van der Waals surface area contributed by atoms with Crippen molar-refractivity contribution in [3.05, 3.63) is 40.8 Å². The van der Waals surface area contributed by atoms with Gasteiger partial charge in [0.05, 0.1) is 0 Å². The number of aromatic nitrogens is 1. The van der Waals surface area contributed by atoms with Crippen LogP contribution in [0.1, 0.15) is 25.7 Å². The number of rotatable bonds is 2. The van der Waals surface area contributed by atoms with E-state index in [0.29, 0.717) is 30.6 Å². The van der Waals surface area contributed by atoms with E-state index in [9.17, 15) is 14.4 Å². The maximum absolute atomic E-state index is 12.9. The molecule has 0 saturated carbocycles. The van der Waals surface area contributed by atoms with Crippen LogP contribution in [0.5, 0.6) is 0 Å². The number of benzene rings is 1. The van der Waals surface area contributed by atoms with Crippen molar-refractivity contribution in [2.75, 3.05) is 18.4 Å². The Morgan fingerprint density at radius 1 is 1.19 bits per heavy atom. The van der Waals surface area contributed by atoms with Crippen molar-refractivity contribution >= 4 is 28.4 Å². The predicted octanol–water partition coefficient (Wildman–Crippen LogP) is 2.05. The summed E-state index contributed by atoms with van der Waals surface area (Å²) in [6.07, 6.45) is 5.06. The molecule has 2 aliphatic rings. The second-order valence-electron chi connectivity index (χ2n) is 7.06. The average molecular weight is 354 g/mol. The normalized spacial score (nSPS) is 23.1. The lowest BCUT2D eigenvalue weighted by Crippen LogP contribution is -2.49. The van der Waals surface area contributed by atoms with E-state index < -0.39 is 0 Å². The van der Waals surface area contributed by atoms with Gasteiger partial charge < -0.3 is 20.5 Å². The maximum atomic E-state index is 12.9. The summed E-state index contributed by atoms with van der Waals surface area (Å²) in [5, 5.41) is 7.17. The molecule has 3 N–H and O–H groups in total. The Labute approximate surface area is 150 Å². The summed E-state index contributed by atoms with van der Waals surface area (Å²) in [7, 11) is 0. The standard InChI is InChI=1S/C19H22N4O3/c24-17-9-13(11-21-17)16-3-1-2-8-23(16)19(26)22-14-5-4-12-6-7-20-18(25)15(12)10-14/h4-7,10,13,16H,1-3,8-9,11H2,(H,20,25)(H,21,24)(H,22,26). The number of nitrogens with zero attached hydrogens (tertiary/aromatic N) is 1. The zero-order valence-corrected chi connectivity index (χ0v) is 14.5. The van der Waals surface area contributed by atoms with E-state index in [4.69, 9.17) is 0 Å². The molecule has 3 amide bonds. The van der Waals surface area contributed by atoms with Gasteiger partial charge in [-0.3, -0.25) is 9.59 Å². The molecule has 2 fully saturated rings.